The van der Waals surface area contributed by atoms with E-state index in [1.165, 1.54) is 43.5 Å². The molecule has 0 aliphatic rings. The van der Waals surface area contributed by atoms with Crippen molar-refractivity contribution in [3.63, 3.8) is 0 Å². The van der Waals surface area contributed by atoms with Gasteiger partial charge in [0.25, 0.3) is 5.91 Å². The van der Waals surface area contributed by atoms with Crippen LogP contribution in [-0.4, -0.2) is 25.3 Å². The molecule has 0 fully saturated rings. The minimum absolute atomic E-state index is 0.0496. The van der Waals surface area contributed by atoms with Gasteiger partial charge >= 0.3 is 0 Å². The Morgan fingerprint density at radius 1 is 1.09 bits per heavy atom. The van der Waals surface area contributed by atoms with Crippen molar-refractivity contribution in [2.45, 2.75) is 0 Å². The summed E-state index contributed by atoms with van der Waals surface area (Å²) in [7, 11) is 1.36. The second-order valence-electron chi connectivity index (χ2n) is 4.55. The van der Waals surface area contributed by atoms with Crippen LogP contribution in [0.2, 0.25) is 10.0 Å². The number of methoxy groups -OCH3 is 1. The summed E-state index contributed by atoms with van der Waals surface area (Å²) in [5.41, 5.74) is 0.337. The molecule has 0 aliphatic carbocycles. The van der Waals surface area contributed by atoms with Gasteiger partial charge in [-0.2, -0.15) is 0 Å². The zero-order valence-corrected chi connectivity index (χ0v) is 13.5. The predicted octanol–water partition coefficient (Wildman–Crippen LogP) is 3.75. The van der Waals surface area contributed by atoms with E-state index in [1.807, 2.05) is 0 Å². The van der Waals surface area contributed by atoms with Crippen LogP contribution < -0.4 is 10.1 Å². The number of nitrogens with one attached hydrogen (secondary N) is 1. The summed E-state index contributed by atoms with van der Waals surface area (Å²) in [6, 6.07) is 8.00. The van der Waals surface area contributed by atoms with Gasteiger partial charge in [0, 0.05) is 5.56 Å². The van der Waals surface area contributed by atoms with Crippen LogP contribution in [0.15, 0.2) is 36.4 Å². The zero-order valence-electron chi connectivity index (χ0n) is 12.0. The van der Waals surface area contributed by atoms with E-state index in [-0.39, 0.29) is 39.2 Å². The molecule has 4 nitrogen and oxygen atoms in total. The van der Waals surface area contributed by atoms with Gasteiger partial charge in [-0.1, -0.05) is 23.2 Å². The SMILES string of the molecule is COc1c(Cl)ccc(Cl)c1C(=O)NCC(=O)c1ccc(F)cc1. The lowest BCUT2D eigenvalue weighted by molar-refractivity contribution is 0.0902. The lowest BCUT2D eigenvalue weighted by Gasteiger charge is -2.12. The number of Topliss-reactive ketones (excluding diaryl/α,β-unsaturated/α-hetero) is 1. The van der Waals surface area contributed by atoms with Crippen LogP contribution in [-0.2, 0) is 0 Å². The Morgan fingerprint density at radius 2 is 1.70 bits per heavy atom. The maximum absolute atomic E-state index is 12.8. The van der Waals surface area contributed by atoms with Crippen molar-refractivity contribution in [3.8, 4) is 5.75 Å². The molecule has 0 atom stereocenters. The molecule has 0 radical (unpaired) electrons. The van der Waals surface area contributed by atoms with Crippen LogP contribution in [0.3, 0.4) is 0 Å². The molecule has 0 saturated heterocycles. The third-order valence-corrected chi connectivity index (χ3v) is 3.68. The van der Waals surface area contributed by atoms with Gasteiger partial charge in [0.2, 0.25) is 0 Å². The Hall–Kier alpha value is -2.11. The minimum atomic E-state index is -0.593. The number of ether oxygens (including phenoxy) is 1. The number of carbonyl (C=O) groups is 2. The fraction of sp³-hybridized carbons (Fsp3) is 0.125. The molecule has 0 heterocycles. The van der Waals surface area contributed by atoms with Crippen molar-refractivity contribution in [1.82, 2.24) is 5.32 Å². The van der Waals surface area contributed by atoms with Gasteiger partial charge in [0.1, 0.15) is 11.4 Å². The minimum Gasteiger partial charge on any atom is -0.494 e. The van der Waals surface area contributed by atoms with Crippen molar-refractivity contribution in [3.05, 3.63) is 63.4 Å². The topological polar surface area (TPSA) is 55.4 Å². The number of benzene rings is 2. The highest BCUT2D eigenvalue weighted by molar-refractivity contribution is 6.37. The van der Waals surface area contributed by atoms with Crippen molar-refractivity contribution in [2.75, 3.05) is 13.7 Å². The average molecular weight is 356 g/mol. The highest BCUT2D eigenvalue weighted by atomic mass is 35.5. The van der Waals surface area contributed by atoms with Crippen LogP contribution in [0.1, 0.15) is 20.7 Å². The highest BCUT2D eigenvalue weighted by Crippen LogP contribution is 2.33. The van der Waals surface area contributed by atoms with E-state index in [9.17, 15) is 14.0 Å². The van der Waals surface area contributed by atoms with Crippen LogP contribution in [0.25, 0.3) is 0 Å². The fourth-order valence-electron chi connectivity index (χ4n) is 1.93. The number of ketones is 1. The molecule has 1 N–H and O–H groups in total. The molecule has 7 heteroatoms. The van der Waals surface area contributed by atoms with Crippen LogP contribution in [0, 0.1) is 5.82 Å². The summed E-state index contributed by atoms with van der Waals surface area (Å²) in [4.78, 5) is 24.2. The first-order valence-electron chi connectivity index (χ1n) is 6.53. The second kappa shape index (κ2) is 7.44. The smallest absolute Gasteiger partial charge is 0.257 e. The summed E-state index contributed by atoms with van der Waals surface area (Å²) in [6.07, 6.45) is 0. The Bertz CT molecular complexity index is 748. The summed E-state index contributed by atoms with van der Waals surface area (Å²) < 4.78 is 17.9. The first-order valence-corrected chi connectivity index (χ1v) is 7.28. The van der Waals surface area contributed by atoms with E-state index in [0.717, 1.165) is 0 Å². The van der Waals surface area contributed by atoms with Crippen LogP contribution in [0.5, 0.6) is 5.75 Å². The van der Waals surface area contributed by atoms with Gasteiger partial charge in [-0.25, -0.2) is 4.39 Å². The molecule has 2 aromatic carbocycles. The summed E-state index contributed by atoms with van der Waals surface area (Å²) in [6.45, 7) is -0.267. The quantitative estimate of drug-likeness (QED) is 0.831. The van der Waals surface area contributed by atoms with E-state index in [4.69, 9.17) is 27.9 Å². The second-order valence-corrected chi connectivity index (χ2v) is 5.36. The molecule has 2 rings (SSSR count). The predicted molar refractivity (Wildman–Crippen MR) is 86.1 cm³/mol. The molecule has 120 valence electrons. The third-order valence-electron chi connectivity index (χ3n) is 3.07. The molecule has 0 unspecified atom stereocenters. The molecule has 0 bridgehead atoms. The van der Waals surface area contributed by atoms with Gasteiger partial charge < -0.3 is 10.1 Å². The maximum Gasteiger partial charge on any atom is 0.257 e. The zero-order chi connectivity index (χ0) is 17.0. The third kappa shape index (κ3) is 4.00. The summed E-state index contributed by atoms with van der Waals surface area (Å²) in [5, 5.41) is 2.83. The Kier molecular flexibility index (Phi) is 5.58. The van der Waals surface area contributed by atoms with E-state index >= 15 is 0 Å². The number of amides is 1. The van der Waals surface area contributed by atoms with E-state index < -0.39 is 11.7 Å². The van der Waals surface area contributed by atoms with E-state index in [2.05, 4.69) is 5.32 Å². The first-order chi connectivity index (χ1) is 10.9. The van der Waals surface area contributed by atoms with Crippen molar-refractivity contribution in [1.29, 1.82) is 0 Å². The largest absolute Gasteiger partial charge is 0.494 e. The van der Waals surface area contributed by atoms with Gasteiger partial charge in [0.15, 0.2) is 11.5 Å². The lowest BCUT2D eigenvalue weighted by atomic mass is 10.1. The maximum atomic E-state index is 12.8. The van der Waals surface area contributed by atoms with Gasteiger partial charge in [-0.3, -0.25) is 9.59 Å². The number of carbonyl (C=O) groups excluding carboxylic acids is 2. The summed E-state index contributed by atoms with van der Waals surface area (Å²) in [5.74, 6) is -1.27. The number of hydrogen-bond acceptors (Lipinski definition) is 3. The molecule has 0 saturated carbocycles. The molecule has 0 aromatic heterocycles. The lowest BCUT2D eigenvalue weighted by Crippen LogP contribution is -2.30. The molecule has 1 amide bonds. The van der Waals surface area contributed by atoms with E-state index in [1.54, 1.807) is 0 Å². The summed E-state index contributed by atoms with van der Waals surface area (Å²) >= 11 is 12.0. The molecular formula is C16H12Cl2FNO3. The Labute approximate surface area is 142 Å². The van der Waals surface area contributed by atoms with Crippen molar-refractivity contribution < 1.29 is 18.7 Å². The normalized spacial score (nSPS) is 10.3. The fourth-order valence-corrected chi connectivity index (χ4v) is 2.40. The molecule has 0 aliphatic heterocycles. The van der Waals surface area contributed by atoms with Crippen molar-refractivity contribution >= 4 is 34.9 Å². The van der Waals surface area contributed by atoms with E-state index in [0.29, 0.717) is 0 Å². The molecular weight excluding hydrogens is 344 g/mol. The molecule has 0 spiro atoms. The number of hydrogen-bond donors (Lipinski definition) is 1. The van der Waals surface area contributed by atoms with Gasteiger partial charge in [-0.15, -0.1) is 0 Å². The number of rotatable bonds is 5. The van der Waals surface area contributed by atoms with Gasteiger partial charge in [0.05, 0.1) is 23.7 Å². The molecule has 23 heavy (non-hydrogen) atoms. The standard InChI is InChI=1S/C16H12Cl2FNO3/c1-23-15-12(18)7-6-11(17)14(15)16(22)20-8-13(21)9-2-4-10(19)5-3-9/h2-7H,8H2,1H3,(H,20,22). The Morgan fingerprint density at radius 3 is 2.30 bits per heavy atom. The Balaban J connectivity index is 2.13. The molecule has 2 aromatic rings. The average Bonchev–Trinajstić information content (AvgIpc) is 2.54. The van der Waals surface area contributed by atoms with Crippen molar-refractivity contribution in [2.24, 2.45) is 0 Å². The van der Waals surface area contributed by atoms with Crippen LogP contribution in [0.4, 0.5) is 4.39 Å². The number of halogens is 3. The highest BCUT2D eigenvalue weighted by Gasteiger charge is 2.20. The van der Waals surface area contributed by atoms with Crippen LogP contribution >= 0.6 is 23.2 Å². The monoisotopic (exact) mass is 355 g/mol. The first kappa shape index (κ1) is 17.2. The van der Waals surface area contributed by atoms with Gasteiger partial charge in [-0.05, 0) is 36.4 Å².